The largest absolute Gasteiger partial charge is 0.341 e. The molecule has 3 rings (SSSR count). The van der Waals surface area contributed by atoms with E-state index < -0.39 is 6.04 Å². The molecule has 0 unspecified atom stereocenters. The van der Waals surface area contributed by atoms with Gasteiger partial charge in [0, 0.05) is 29.9 Å². The first-order valence-electron chi connectivity index (χ1n) is 10.4. The average Bonchev–Trinajstić information content (AvgIpc) is 3.28. The summed E-state index contributed by atoms with van der Waals surface area (Å²) in [6.45, 7) is 7.23. The van der Waals surface area contributed by atoms with Crippen LogP contribution >= 0.6 is 0 Å². The lowest BCUT2D eigenvalue weighted by Crippen LogP contribution is -2.50. The lowest BCUT2D eigenvalue weighted by molar-refractivity contribution is -0.133. The Morgan fingerprint density at radius 3 is 2.20 bits per heavy atom. The van der Waals surface area contributed by atoms with Gasteiger partial charge in [-0.3, -0.25) is 14.4 Å². The minimum Gasteiger partial charge on any atom is -0.341 e. The standard InChI is InChI=1S/C24H29N3O3/c1-16(2)21(24(30)27-13-7-8-14-27)26-23(29)19-12-11-17(3)20(15-19)25-22(28)18-9-5-4-6-10-18/h4-6,9-12,15-16,21H,7-8,13-14H2,1-3H3,(H,25,28)(H,26,29)/t21-/m0/s1. The molecule has 1 aliphatic rings. The first-order valence-corrected chi connectivity index (χ1v) is 10.4. The van der Waals surface area contributed by atoms with Gasteiger partial charge in [-0.1, -0.05) is 38.1 Å². The molecule has 0 radical (unpaired) electrons. The Hall–Kier alpha value is -3.15. The van der Waals surface area contributed by atoms with Gasteiger partial charge in [0.1, 0.15) is 6.04 Å². The molecule has 1 fully saturated rings. The van der Waals surface area contributed by atoms with Crippen LogP contribution in [-0.2, 0) is 4.79 Å². The van der Waals surface area contributed by atoms with Gasteiger partial charge in [0.05, 0.1) is 0 Å². The highest BCUT2D eigenvalue weighted by Gasteiger charge is 2.30. The molecule has 1 atom stereocenters. The highest BCUT2D eigenvalue weighted by molar-refractivity contribution is 6.05. The fourth-order valence-corrected chi connectivity index (χ4v) is 3.55. The topological polar surface area (TPSA) is 78.5 Å². The number of carbonyl (C=O) groups excluding carboxylic acids is 3. The second kappa shape index (κ2) is 9.57. The maximum Gasteiger partial charge on any atom is 0.255 e. The van der Waals surface area contributed by atoms with E-state index in [2.05, 4.69) is 10.6 Å². The molecule has 30 heavy (non-hydrogen) atoms. The van der Waals surface area contributed by atoms with E-state index in [1.807, 2.05) is 31.7 Å². The van der Waals surface area contributed by atoms with Crippen molar-refractivity contribution in [2.45, 2.75) is 39.7 Å². The minimum atomic E-state index is -0.570. The van der Waals surface area contributed by atoms with Crippen molar-refractivity contribution in [3.05, 3.63) is 65.2 Å². The number of nitrogens with zero attached hydrogens (tertiary/aromatic N) is 1. The SMILES string of the molecule is Cc1ccc(C(=O)N[C@H](C(=O)N2CCCC2)C(C)C)cc1NC(=O)c1ccccc1. The lowest BCUT2D eigenvalue weighted by Gasteiger charge is -2.26. The van der Waals surface area contributed by atoms with E-state index in [-0.39, 0.29) is 23.6 Å². The number of rotatable bonds is 6. The van der Waals surface area contributed by atoms with Gasteiger partial charge in [-0.25, -0.2) is 0 Å². The first-order chi connectivity index (χ1) is 14.4. The van der Waals surface area contributed by atoms with Gasteiger partial charge in [-0.15, -0.1) is 0 Å². The number of carbonyl (C=O) groups is 3. The molecule has 2 aromatic rings. The van der Waals surface area contributed by atoms with Crippen molar-refractivity contribution in [1.82, 2.24) is 10.2 Å². The molecule has 3 amide bonds. The van der Waals surface area contributed by atoms with Gasteiger partial charge >= 0.3 is 0 Å². The smallest absolute Gasteiger partial charge is 0.255 e. The summed E-state index contributed by atoms with van der Waals surface area (Å²) < 4.78 is 0. The monoisotopic (exact) mass is 407 g/mol. The van der Waals surface area contributed by atoms with Crippen LogP contribution in [0.4, 0.5) is 5.69 Å². The van der Waals surface area contributed by atoms with Crippen molar-refractivity contribution >= 4 is 23.4 Å². The van der Waals surface area contributed by atoms with E-state index in [0.717, 1.165) is 31.5 Å². The third kappa shape index (κ3) is 5.06. The number of nitrogens with one attached hydrogen (secondary N) is 2. The van der Waals surface area contributed by atoms with E-state index in [1.165, 1.54) is 0 Å². The number of aryl methyl sites for hydroxylation is 1. The molecule has 6 heteroatoms. The second-order valence-corrected chi connectivity index (χ2v) is 8.08. The Morgan fingerprint density at radius 1 is 0.900 bits per heavy atom. The molecular formula is C24H29N3O3. The average molecular weight is 408 g/mol. The Morgan fingerprint density at radius 2 is 1.57 bits per heavy atom. The summed E-state index contributed by atoms with van der Waals surface area (Å²) in [5.74, 6) is -0.609. The van der Waals surface area contributed by atoms with Crippen LogP contribution in [0.5, 0.6) is 0 Å². The molecule has 1 aliphatic heterocycles. The molecule has 0 aliphatic carbocycles. The van der Waals surface area contributed by atoms with Crippen molar-refractivity contribution < 1.29 is 14.4 Å². The van der Waals surface area contributed by atoms with Gasteiger partial charge in [-0.2, -0.15) is 0 Å². The number of anilines is 1. The van der Waals surface area contributed by atoms with Crippen LogP contribution in [0.2, 0.25) is 0 Å². The number of benzene rings is 2. The van der Waals surface area contributed by atoms with Crippen LogP contribution in [0, 0.1) is 12.8 Å². The fraction of sp³-hybridized carbons (Fsp3) is 0.375. The van der Waals surface area contributed by atoms with Crippen LogP contribution in [-0.4, -0.2) is 41.8 Å². The van der Waals surface area contributed by atoms with Gasteiger partial charge in [0.15, 0.2) is 0 Å². The molecule has 158 valence electrons. The van der Waals surface area contributed by atoms with Gasteiger partial charge in [-0.05, 0) is 55.5 Å². The maximum absolute atomic E-state index is 12.9. The molecule has 6 nitrogen and oxygen atoms in total. The van der Waals surface area contributed by atoms with Crippen molar-refractivity contribution in [2.75, 3.05) is 18.4 Å². The van der Waals surface area contributed by atoms with Crippen LogP contribution < -0.4 is 10.6 Å². The van der Waals surface area contributed by atoms with Crippen molar-refractivity contribution in [3.8, 4) is 0 Å². The van der Waals surface area contributed by atoms with Gasteiger partial charge in [0.25, 0.3) is 11.8 Å². The van der Waals surface area contributed by atoms with Gasteiger partial charge in [0.2, 0.25) is 5.91 Å². The molecule has 0 aromatic heterocycles. The fourth-order valence-electron chi connectivity index (χ4n) is 3.55. The number of hydrogen-bond acceptors (Lipinski definition) is 3. The van der Waals surface area contributed by atoms with Crippen molar-refractivity contribution in [2.24, 2.45) is 5.92 Å². The number of amides is 3. The minimum absolute atomic E-state index is 0.0234. The third-order valence-electron chi connectivity index (χ3n) is 5.42. The zero-order valence-electron chi connectivity index (χ0n) is 17.8. The molecule has 1 saturated heterocycles. The van der Waals surface area contributed by atoms with E-state index in [0.29, 0.717) is 16.8 Å². The molecule has 1 heterocycles. The highest BCUT2D eigenvalue weighted by Crippen LogP contribution is 2.19. The zero-order chi connectivity index (χ0) is 21.7. The van der Waals surface area contributed by atoms with Crippen molar-refractivity contribution in [3.63, 3.8) is 0 Å². The Bertz CT molecular complexity index is 919. The highest BCUT2D eigenvalue weighted by atomic mass is 16.2. The molecule has 0 saturated carbocycles. The quantitative estimate of drug-likeness (QED) is 0.768. The zero-order valence-corrected chi connectivity index (χ0v) is 17.8. The maximum atomic E-state index is 12.9. The molecular weight excluding hydrogens is 378 g/mol. The van der Waals surface area contributed by atoms with Crippen LogP contribution in [0.25, 0.3) is 0 Å². The van der Waals surface area contributed by atoms with Crippen LogP contribution in [0.1, 0.15) is 53.0 Å². The Kier molecular flexibility index (Phi) is 6.87. The Labute approximate surface area is 177 Å². The van der Waals surface area contributed by atoms with E-state index in [4.69, 9.17) is 0 Å². The summed E-state index contributed by atoms with van der Waals surface area (Å²) in [5.41, 5.74) is 2.37. The van der Waals surface area contributed by atoms with E-state index in [9.17, 15) is 14.4 Å². The molecule has 0 spiro atoms. The summed E-state index contributed by atoms with van der Waals surface area (Å²) >= 11 is 0. The molecule has 2 aromatic carbocycles. The summed E-state index contributed by atoms with van der Waals surface area (Å²) in [5, 5.41) is 5.77. The second-order valence-electron chi connectivity index (χ2n) is 8.08. The van der Waals surface area contributed by atoms with Crippen LogP contribution in [0.3, 0.4) is 0 Å². The van der Waals surface area contributed by atoms with Crippen molar-refractivity contribution in [1.29, 1.82) is 0 Å². The van der Waals surface area contributed by atoms with Gasteiger partial charge < -0.3 is 15.5 Å². The Balaban J connectivity index is 1.74. The summed E-state index contributed by atoms with van der Waals surface area (Å²) in [6.07, 6.45) is 2.01. The van der Waals surface area contributed by atoms with Crippen LogP contribution in [0.15, 0.2) is 48.5 Å². The lowest BCUT2D eigenvalue weighted by atomic mass is 10.0. The third-order valence-corrected chi connectivity index (χ3v) is 5.42. The summed E-state index contributed by atoms with van der Waals surface area (Å²) in [6, 6.07) is 13.5. The normalized spacial score (nSPS) is 14.5. The molecule has 2 N–H and O–H groups in total. The number of hydrogen-bond donors (Lipinski definition) is 2. The van der Waals surface area contributed by atoms with E-state index in [1.54, 1.807) is 42.5 Å². The summed E-state index contributed by atoms with van der Waals surface area (Å²) in [4.78, 5) is 40.0. The predicted molar refractivity (Wildman–Crippen MR) is 117 cm³/mol. The number of likely N-dealkylation sites (tertiary alicyclic amines) is 1. The van der Waals surface area contributed by atoms with E-state index >= 15 is 0 Å². The molecule has 0 bridgehead atoms. The summed E-state index contributed by atoms with van der Waals surface area (Å²) in [7, 11) is 0. The predicted octanol–water partition coefficient (Wildman–Crippen LogP) is 3.62. The first kappa shape index (κ1) is 21.6.